The highest BCUT2D eigenvalue weighted by Gasteiger charge is 2.21. The van der Waals surface area contributed by atoms with Crippen LogP contribution in [0.15, 0.2) is 24.3 Å². The Bertz CT molecular complexity index is 441. The SMILES string of the molecule is CC(C)(C)OC(=O)NCC(O)C(O)c1ccc(I)cc1. The van der Waals surface area contributed by atoms with E-state index in [2.05, 4.69) is 27.9 Å². The maximum atomic E-state index is 11.4. The van der Waals surface area contributed by atoms with Crippen molar-refractivity contribution >= 4 is 28.7 Å². The van der Waals surface area contributed by atoms with Crippen molar-refractivity contribution in [1.82, 2.24) is 5.32 Å². The van der Waals surface area contributed by atoms with E-state index < -0.39 is 23.9 Å². The molecule has 5 nitrogen and oxygen atoms in total. The molecule has 3 N–H and O–H groups in total. The minimum Gasteiger partial charge on any atom is -0.444 e. The van der Waals surface area contributed by atoms with E-state index in [9.17, 15) is 15.0 Å². The van der Waals surface area contributed by atoms with E-state index in [0.717, 1.165) is 3.57 Å². The summed E-state index contributed by atoms with van der Waals surface area (Å²) in [6.45, 7) is 5.18. The van der Waals surface area contributed by atoms with Crippen LogP contribution in [0.2, 0.25) is 0 Å². The maximum absolute atomic E-state index is 11.4. The zero-order valence-electron chi connectivity index (χ0n) is 11.8. The minimum atomic E-state index is -1.09. The van der Waals surface area contributed by atoms with Crippen molar-refractivity contribution in [3.8, 4) is 0 Å². The van der Waals surface area contributed by atoms with E-state index in [1.165, 1.54) is 0 Å². The smallest absolute Gasteiger partial charge is 0.407 e. The van der Waals surface area contributed by atoms with E-state index in [-0.39, 0.29) is 6.54 Å². The first-order valence-corrected chi connectivity index (χ1v) is 7.35. The fourth-order valence-corrected chi connectivity index (χ4v) is 1.86. The Morgan fingerprint density at radius 3 is 2.35 bits per heavy atom. The number of carbonyl (C=O) groups is 1. The second-order valence-electron chi connectivity index (χ2n) is 5.45. The van der Waals surface area contributed by atoms with Crippen molar-refractivity contribution in [3.05, 3.63) is 33.4 Å². The van der Waals surface area contributed by atoms with Gasteiger partial charge in [-0.25, -0.2) is 4.79 Å². The Hall–Kier alpha value is -0.860. The third kappa shape index (κ3) is 6.06. The zero-order chi connectivity index (χ0) is 15.3. The van der Waals surface area contributed by atoms with Crippen LogP contribution in [0, 0.1) is 3.57 Å². The summed E-state index contributed by atoms with van der Waals surface area (Å²) < 4.78 is 6.09. The molecule has 2 atom stereocenters. The van der Waals surface area contributed by atoms with Gasteiger partial charge < -0.3 is 20.3 Å². The van der Waals surface area contributed by atoms with Crippen LogP contribution >= 0.6 is 22.6 Å². The first kappa shape index (κ1) is 17.2. The molecule has 0 saturated heterocycles. The van der Waals surface area contributed by atoms with Crippen LogP contribution in [0.25, 0.3) is 0 Å². The van der Waals surface area contributed by atoms with E-state index in [4.69, 9.17) is 4.74 Å². The molecule has 0 spiro atoms. The van der Waals surface area contributed by atoms with Gasteiger partial charge in [-0.3, -0.25) is 0 Å². The molecule has 112 valence electrons. The van der Waals surface area contributed by atoms with Gasteiger partial charge in [0.15, 0.2) is 0 Å². The number of hydrogen-bond acceptors (Lipinski definition) is 4. The molecule has 20 heavy (non-hydrogen) atoms. The third-order valence-corrected chi connectivity index (χ3v) is 3.15. The van der Waals surface area contributed by atoms with Crippen LogP contribution in [0.3, 0.4) is 0 Å². The first-order chi connectivity index (χ1) is 9.19. The highest BCUT2D eigenvalue weighted by atomic mass is 127. The standard InChI is InChI=1S/C14H20INO4/c1-14(2,3)20-13(19)16-8-11(17)12(18)9-4-6-10(15)7-5-9/h4-7,11-12,17-18H,8H2,1-3H3,(H,16,19). The number of aliphatic hydroxyl groups excluding tert-OH is 2. The number of alkyl carbamates (subject to hydrolysis) is 1. The Labute approximate surface area is 132 Å². The molecule has 0 aromatic heterocycles. The number of carbonyl (C=O) groups excluding carboxylic acids is 1. The molecule has 1 aromatic carbocycles. The number of amides is 1. The highest BCUT2D eigenvalue weighted by molar-refractivity contribution is 14.1. The molecular formula is C14H20INO4. The average Bonchev–Trinajstić information content (AvgIpc) is 2.34. The summed E-state index contributed by atoms with van der Waals surface area (Å²) in [5.74, 6) is 0. The van der Waals surface area contributed by atoms with Gasteiger partial charge in [-0.15, -0.1) is 0 Å². The summed E-state index contributed by atoms with van der Waals surface area (Å²) in [6.07, 6.45) is -2.77. The molecule has 0 aliphatic rings. The third-order valence-electron chi connectivity index (χ3n) is 2.43. The van der Waals surface area contributed by atoms with Gasteiger partial charge in [0.05, 0.1) is 0 Å². The average molecular weight is 393 g/mol. The predicted octanol–water partition coefficient (Wildman–Crippen LogP) is 2.21. The fraction of sp³-hybridized carbons (Fsp3) is 0.500. The number of ether oxygens (including phenoxy) is 1. The topological polar surface area (TPSA) is 78.8 Å². The Morgan fingerprint density at radius 1 is 1.30 bits per heavy atom. The van der Waals surface area contributed by atoms with Crippen molar-refractivity contribution in [1.29, 1.82) is 0 Å². The summed E-state index contributed by atoms with van der Waals surface area (Å²) in [4.78, 5) is 11.4. The molecular weight excluding hydrogens is 373 g/mol. The Kier molecular flexibility index (Phi) is 6.22. The van der Waals surface area contributed by atoms with Crippen molar-refractivity contribution < 1.29 is 19.7 Å². The van der Waals surface area contributed by atoms with Crippen LogP contribution in [0.4, 0.5) is 4.79 Å². The second-order valence-corrected chi connectivity index (χ2v) is 6.69. The summed E-state index contributed by atoms with van der Waals surface area (Å²) in [5, 5.41) is 22.3. The summed E-state index contributed by atoms with van der Waals surface area (Å²) in [5.41, 5.74) is 0.00735. The number of halogens is 1. The summed E-state index contributed by atoms with van der Waals surface area (Å²) in [6, 6.07) is 7.16. The largest absolute Gasteiger partial charge is 0.444 e. The monoisotopic (exact) mass is 393 g/mol. The molecule has 0 aliphatic carbocycles. The highest BCUT2D eigenvalue weighted by Crippen LogP contribution is 2.18. The normalized spacial score (nSPS) is 14.5. The van der Waals surface area contributed by atoms with Crippen LogP contribution < -0.4 is 5.32 Å². The van der Waals surface area contributed by atoms with Gasteiger partial charge in [-0.1, -0.05) is 12.1 Å². The fourth-order valence-electron chi connectivity index (χ4n) is 1.50. The Morgan fingerprint density at radius 2 is 1.85 bits per heavy atom. The van der Waals surface area contributed by atoms with E-state index in [1.807, 2.05) is 12.1 Å². The molecule has 0 bridgehead atoms. The molecule has 0 saturated carbocycles. The summed E-state index contributed by atoms with van der Waals surface area (Å²) >= 11 is 2.16. The molecule has 1 rings (SSSR count). The molecule has 0 fully saturated rings. The number of aliphatic hydroxyl groups is 2. The number of benzene rings is 1. The van der Waals surface area contributed by atoms with E-state index >= 15 is 0 Å². The van der Waals surface area contributed by atoms with Crippen molar-refractivity contribution in [2.45, 2.75) is 38.6 Å². The van der Waals surface area contributed by atoms with Crippen LogP contribution in [0.1, 0.15) is 32.4 Å². The lowest BCUT2D eigenvalue weighted by Gasteiger charge is -2.22. The molecule has 0 heterocycles. The van der Waals surface area contributed by atoms with Crippen LogP contribution in [0.5, 0.6) is 0 Å². The molecule has 6 heteroatoms. The van der Waals surface area contributed by atoms with Gasteiger partial charge in [-0.05, 0) is 61.1 Å². The number of nitrogens with one attached hydrogen (secondary N) is 1. The molecule has 0 radical (unpaired) electrons. The van der Waals surface area contributed by atoms with Gasteiger partial charge in [0.1, 0.15) is 17.8 Å². The lowest BCUT2D eigenvalue weighted by molar-refractivity contribution is 0.0129. The zero-order valence-corrected chi connectivity index (χ0v) is 13.9. The number of hydrogen-bond donors (Lipinski definition) is 3. The predicted molar refractivity (Wildman–Crippen MR) is 84.4 cm³/mol. The van der Waals surface area contributed by atoms with Gasteiger partial charge in [0.25, 0.3) is 0 Å². The summed E-state index contributed by atoms with van der Waals surface area (Å²) in [7, 11) is 0. The van der Waals surface area contributed by atoms with Gasteiger partial charge in [0, 0.05) is 10.1 Å². The maximum Gasteiger partial charge on any atom is 0.407 e. The van der Waals surface area contributed by atoms with Crippen LogP contribution in [-0.4, -0.2) is 34.6 Å². The number of rotatable bonds is 4. The molecule has 1 aromatic rings. The minimum absolute atomic E-state index is 0.0813. The van der Waals surface area contributed by atoms with Crippen molar-refractivity contribution in [2.24, 2.45) is 0 Å². The molecule has 2 unspecified atom stereocenters. The lowest BCUT2D eigenvalue weighted by atomic mass is 10.0. The van der Waals surface area contributed by atoms with E-state index in [0.29, 0.717) is 5.56 Å². The van der Waals surface area contributed by atoms with Gasteiger partial charge >= 0.3 is 6.09 Å². The molecule has 0 aliphatic heterocycles. The molecule has 1 amide bonds. The Balaban J connectivity index is 2.48. The lowest BCUT2D eigenvalue weighted by Crippen LogP contribution is -2.38. The first-order valence-electron chi connectivity index (χ1n) is 6.27. The van der Waals surface area contributed by atoms with E-state index in [1.54, 1.807) is 32.9 Å². The van der Waals surface area contributed by atoms with Crippen molar-refractivity contribution in [2.75, 3.05) is 6.54 Å². The van der Waals surface area contributed by atoms with Crippen LogP contribution in [-0.2, 0) is 4.74 Å². The second kappa shape index (κ2) is 7.24. The quantitative estimate of drug-likeness (QED) is 0.686. The van der Waals surface area contributed by atoms with Gasteiger partial charge in [0.2, 0.25) is 0 Å². The van der Waals surface area contributed by atoms with Gasteiger partial charge in [-0.2, -0.15) is 0 Å². The van der Waals surface area contributed by atoms with Crippen molar-refractivity contribution in [3.63, 3.8) is 0 Å².